The van der Waals surface area contributed by atoms with Gasteiger partial charge in [0.25, 0.3) is 0 Å². The molecule has 0 spiro atoms. The Morgan fingerprint density at radius 3 is 2.07 bits per heavy atom. The summed E-state index contributed by atoms with van der Waals surface area (Å²) in [5.41, 5.74) is 3.25. The highest BCUT2D eigenvalue weighted by molar-refractivity contribution is 6.83. The lowest BCUT2D eigenvalue weighted by atomic mass is 10.5. The SMILES string of the molecule is CCOC(/C=C\C#C[Si](C)(C)C)OCC. The van der Waals surface area contributed by atoms with Crippen molar-refractivity contribution in [2.75, 3.05) is 13.2 Å². The summed E-state index contributed by atoms with van der Waals surface area (Å²) in [5, 5.41) is 0. The van der Waals surface area contributed by atoms with Gasteiger partial charge in [0, 0.05) is 13.2 Å². The molecule has 86 valence electrons. The van der Waals surface area contributed by atoms with Crippen molar-refractivity contribution >= 4 is 8.07 Å². The molecule has 0 rings (SSSR count). The summed E-state index contributed by atoms with van der Waals surface area (Å²) in [4.78, 5) is 0. The van der Waals surface area contributed by atoms with Crippen LogP contribution in [0, 0.1) is 11.5 Å². The molecule has 0 aromatic carbocycles. The first-order chi connectivity index (χ1) is 6.99. The lowest BCUT2D eigenvalue weighted by molar-refractivity contribution is -0.103. The summed E-state index contributed by atoms with van der Waals surface area (Å²) >= 11 is 0. The Labute approximate surface area is 94.7 Å². The van der Waals surface area contributed by atoms with Crippen LogP contribution in [0.4, 0.5) is 0 Å². The maximum absolute atomic E-state index is 5.35. The monoisotopic (exact) mass is 226 g/mol. The molecule has 0 heterocycles. The van der Waals surface area contributed by atoms with E-state index in [9.17, 15) is 0 Å². The van der Waals surface area contributed by atoms with Crippen LogP contribution in [0.3, 0.4) is 0 Å². The van der Waals surface area contributed by atoms with Gasteiger partial charge in [0.1, 0.15) is 8.07 Å². The molecule has 0 radical (unpaired) electrons. The molecule has 0 aliphatic rings. The van der Waals surface area contributed by atoms with Gasteiger partial charge in [0.15, 0.2) is 6.29 Å². The second-order valence-electron chi connectivity index (χ2n) is 4.16. The number of ether oxygens (including phenoxy) is 2. The smallest absolute Gasteiger partial charge is 0.177 e. The molecule has 0 aliphatic carbocycles. The van der Waals surface area contributed by atoms with Gasteiger partial charge in [0.05, 0.1) is 0 Å². The van der Waals surface area contributed by atoms with Crippen LogP contribution in [0.2, 0.25) is 19.6 Å². The minimum atomic E-state index is -1.26. The highest BCUT2D eigenvalue weighted by Gasteiger charge is 2.06. The molecule has 0 unspecified atom stereocenters. The molecule has 0 amide bonds. The van der Waals surface area contributed by atoms with E-state index in [1.807, 2.05) is 26.0 Å². The fourth-order valence-corrected chi connectivity index (χ4v) is 1.39. The van der Waals surface area contributed by atoms with Gasteiger partial charge < -0.3 is 9.47 Å². The highest BCUT2D eigenvalue weighted by Crippen LogP contribution is 1.98. The number of hydrogen-bond acceptors (Lipinski definition) is 2. The minimum Gasteiger partial charge on any atom is -0.349 e. The molecule has 0 atom stereocenters. The van der Waals surface area contributed by atoms with Gasteiger partial charge in [-0.2, -0.15) is 0 Å². The normalized spacial score (nSPS) is 11.9. The second kappa shape index (κ2) is 7.69. The van der Waals surface area contributed by atoms with E-state index >= 15 is 0 Å². The molecule has 0 saturated carbocycles. The molecule has 3 heteroatoms. The summed E-state index contributed by atoms with van der Waals surface area (Å²) in [7, 11) is -1.26. The summed E-state index contributed by atoms with van der Waals surface area (Å²) in [6.07, 6.45) is 3.44. The standard InChI is InChI=1S/C12H22O2Si/c1-6-13-12(14-7-2)10-8-9-11-15(3,4)5/h8,10,12H,6-7H2,1-5H3/b10-8-. The van der Waals surface area contributed by atoms with Gasteiger partial charge in [-0.15, -0.1) is 5.54 Å². The highest BCUT2D eigenvalue weighted by atomic mass is 28.3. The molecule has 0 aliphatic heterocycles. The molecule has 0 aromatic heterocycles. The zero-order valence-corrected chi connectivity index (χ0v) is 11.5. The Kier molecular flexibility index (Phi) is 7.40. The van der Waals surface area contributed by atoms with Crippen LogP contribution in [0.5, 0.6) is 0 Å². The van der Waals surface area contributed by atoms with Crippen molar-refractivity contribution in [3.8, 4) is 11.5 Å². The van der Waals surface area contributed by atoms with E-state index < -0.39 is 8.07 Å². The van der Waals surface area contributed by atoms with Gasteiger partial charge in [-0.3, -0.25) is 0 Å². The van der Waals surface area contributed by atoms with Gasteiger partial charge in [-0.1, -0.05) is 25.6 Å². The summed E-state index contributed by atoms with van der Waals surface area (Å²) in [6.45, 7) is 11.9. The molecule has 0 bridgehead atoms. The third-order valence-corrected chi connectivity index (χ3v) is 2.34. The summed E-state index contributed by atoms with van der Waals surface area (Å²) in [5.74, 6) is 3.04. The van der Waals surface area contributed by atoms with Crippen LogP contribution in [0.25, 0.3) is 0 Å². The fourth-order valence-electron chi connectivity index (χ4n) is 0.873. The van der Waals surface area contributed by atoms with Crippen LogP contribution in [0.15, 0.2) is 12.2 Å². The lowest BCUT2D eigenvalue weighted by Gasteiger charge is -2.11. The molecular weight excluding hydrogens is 204 g/mol. The van der Waals surface area contributed by atoms with Gasteiger partial charge in [-0.05, 0) is 26.0 Å². The van der Waals surface area contributed by atoms with Crippen molar-refractivity contribution in [3.63, 3.8) is 0 Å². The third-order valence-electron chi connectivity index (χ3n) is 1.45. The zero-order valence-electron chi connectivity index (χ0n) is 10.5. The van der Waals surface area contributed by atoms with Crippen molar-refractivity contribution in [2.24, 2.45) is 0 Å². The maximum atomic E-state index is 5.35. The van der Waals surface area contributed by atoms with Crippen LogP contribution in [-0.4, -0.2) is 27.6 Å². The molecule has 2 nitrogen and oxygen atoms in total. The third kappa shape index (κ3) is 9.73. The Bertz CT molecular complexity index is 237. The number of rotatable bonds is 5. The zero-order chi connectivity index (χ0) is 11.7. The maximum Gasteiger partial charge on any atom is 0.177 e. The van der Waals surface area contributed by atoms with Crippen LogP contribution in [0.1, 0.15) is 13.8 Å². The first kappa shape index (κ1) is 14.4. The fraction of sp³-hybridized carbons (Fsp3) is 0.667. The molecule has 0 N–H and O–H groups in total. The van der Waals surface area contributed by atoms with Gasteiger partial charge in [-0.25, -0.2) is 0 Å². The van der Waals surface area contributed by atoms with E-state index in [0.717, 1.165) is 0 Å². The Morgan fingerprint density at radius 1 is 1.13 bits per heavy atom. The van der Waals surface area contributed by atoms with Crippen LogP contribution in [-0.2, 0) is 9.47 Å². The molecule has 0 saturated heterocycles. The lowest BCUT2D eigenvalue weighted by Crippen LogP contribution is -2.16. The summed E-state index contributed by atoms with van der Waals surface area (Å²) in [6, 6.07) is 0. The van der Waals surface area contributed by atoms with Crippen molar-refractivity contribution in [1.29, 1.82) is 0 Å². The van der Waals surface area contributed by atoms with E-state index in [1.165, 1.54) is 0 Å². The van der Waals surface area contributed by atoms with Gasteiger partial charge in [0.2, 0.25) is 0 Å². The summed E-state index contributed by atoms with van der Waals surface area (Å²) < 4.78 is 10.7. The van der Waals surface area contributed by atoms with E-state index in [1.54, 1.807) is 0 Å². The number of hydrogen-bond donors (Lipinski definition) is 0. The van der Waals surface area contributed by atoms with E-state index in [4.69, 9.17) is 9.47 Å². The largest absolute Gasteiger partial charge is 0.349 e. The Balaban J connectivity index is 4.13. The molecule has 15 heavy (non-hydrogen) atoms. The molecule has 0 aromatic rings. The predicted octanol–water partition coefficient (Wildman–Crippen LogP) is 2.82. The topological polar surface area (TPSA) is 18.5 Å². The molecular formula is C12H22O2Si. The van der Waals surface area contributed by atoms with Crippen molar-refractivity contribution in [2.45, 2.75) is 39.8 Å². The quantitative estimate of drug-likeness (QED) is 0.408. The predicted molar refractivity (Wildman–Crippen MR) is 67.3 cm³/mol. The van der Waals surface area contributed by atoms with Crippen molar-refractivity contribution < 1.29 is 9.47 Å². The van der Waals surface area contributed by atoms with E-state index in [2.05, 4.69) is 31.1 Å². The number of allylic oxidation sites excluding steroid dienone is 1. The second-order valence-corrected chi connectivity index (χ2v) is 8.91. The van der Waals surface area contributed by atoms with Gasteiger partial charge >= 0.3 is 0 Å². The first-order valence-electron chi connectivity index (χ1n) is 5.42. The van der Waals surface area contributed by atoms with Crippen molar-refractivity contribution in [1.82, 2.24) is 0 Å². The minimum absolute atomic E-state index is 0.254. The average molecular weight is 226 g/mol. The Morgan fingerprint density at radius 2 is 1.67 bits per heavy atom. The average Bonchev–Trinajstić information content (AvgIpc) is 2.11. The molecule has 0 fully saturated rings. The Hall–Kier alpha value is -0.563. The van der Waals surface area contributed by atoms with E-state index in [-0.39, 0.29) is 6.29 Å². The first-order valence-corrected chi connectivity index (χ1v) is 8.92. The van der Waals surface area contributed by atoms with Crippen molar-refractivity contribution in [3.05, 3.63) is 12.2 Å². The van der Waals surface area contributed by atoms with E-state index in [0.29, 0.717) is 13.2 Å². The van der Waals surface area contributed by atoms with Crippen LogP contribution >= 0.6 is 0 Å². The van der Waals surface area contributed by atoms with Crippen LogP contribution < -0.4 is 0 Å².